The first kappa shape index (κ1) is 58.3. The molecular weight excluding hydrogens is 1090 g/mol. The third-order valence-corrected chi connectivity index (χ3v) is 15.0. The molecule has 0 aliphatic carbocycles. The van der Waals surface area contributed by atoms with Gasteiger partial charge in [0.15, 0.2) is 11.2 Å². The number of carbonyl (C=O) groups excluding carboxylic acids is 3. The van der Waals surface area contributed by atoms with Gasteiger partial charge >= 0.3 is 11.7 Å². The molecule has 9 rings (SSSR count). The number of esters is 1. The molecule has 7 atom stereocenters. The van der Waals surface area contributed by atoms with Crippen molar-refractivity contribution < 1.29 is 61.5 Å². The van der Waals surface area contributed by atoms with E-state index < -0.39 is 85.3 Å². The van der Waals surface area contributed by atoms with E-state index in [0.29, 0.717) is 28.2 Å². The van der Waals surface area contributed by atoms with E-state index in [4.69, 9.17) is 54.5 Å². The van der Waals surface area contributed by atoms with Crippen LogP contribution in [0.15, 0.2) is 137 Å². The van der Waals surface area contributed by atoms with E-state index in [1.807, 2.05) is 78.9 Å². The molecule has 0 bridgehead atoms. The van der Waals surface area contributed by atoms with E-state index in [2.05, 4.69) is 30.6 Å². The summed E-state index contributed by atoms with van der Waals surface area (Å²) in [5, 5.41) is 5.25. The third kappa shape index (κ3) is 13.7. The highest BCUT2D eigenvalue weighted by Crippen LogP contribution is 2.58. The van der Waals surface area contributed by atoms with Gasteiger partial charge in [0.25, 0.3) is 18.6 Å². The first-order valence-corrected chi connectivity index (χ1v) is 28.5. The van der Waals surface area contributed by atoms with Crippen molar-refractivity contribution in [3.63, 3.8) is 0 Å². The minimum atomic E-state index is -4.35. The number of fused-ring (bicyclic) bond motifs is 1. The number of amides is 2. The number of hydrogen-bond donors (Lipinski definition) is 4. The number of nitrogens with zero attached hydrogens (tertiary/aromatic N) is 5. The van der Waals surface area contributed by atoms with Gasteiger partial charge < -0.3 is 50.7 Å². The van der Waals surface area contributed by atoms with Gasteiger partial charge in [-0.2, -0.15) is 19.0 Å². The van der Waals surface area contributed by atoms with E-state index in [1.54, 1.807) is 72.2 Å². The van der Waals surface area contributed by atoms with Crippen LogP contribution in [0.25, 0.3) is 11.2 Å². The maximum atomic E-state index is 13.5. The Morgan fingerprint density at radius 1 is 0.778 bits per heavy atom. The Balaban J connectivity index is 1.01. The maximum Gasteiger partial charge on any atom is 0.351 e. The average Bonchev–Trinajstić information content (AvgIpc) is 4.33. The molecular formula is C56H61N8O15PS. The van der Waals surface area contributed by atoms with Crippen molar-refractivity contribution in [2.45, 2.75) is 89.1 Å². The summed E-state index contributed by atoms with van der Waals surface area (Å²) >= 11 is 5.74. The van der Waals surface area contributed by atoms with E-state index in [0.717, 1.165) is 5.56 Å². The van der Waals surface area contributed by atoms with Crippen LogP contribution in [0.5, 0.6) is 11.5 Å². The van der Waals surface area contributed by atoms with Gasteiger partial charge in [-0.25, -0.2) is 19.5 Å². The summed E-state index contributed by atoms with van der Waals surface area (Å²) in [4.78, 5) is 93.2. The van der Waals surface area contributed by atoms with Gasteiger partial charge in [-0.15, -0.1) is 0 Å². The predicted molar refractivity (Wildman–Crippen MR) is 298 cm³/mol. The van der Waals surface area contributed by atoms with Gasteiger partial charge in [0.05, 0.1) is 33.3 Å². The molecule has 81 heavy (non-hydrogen) atoms. The zero-order chi connectivity index (χ0) is 57.4. The van der Waals surface area contributed by atoms with Crippen molar-refractivity contribution in [1.29, 1.82) is 0 Å². The summed E-state index contributed by atoms with van der Waals surface area (Å²) in [5.74, 6) is -0.899. The number of carbonyl (C=O) groups is 3. The topological polar surface area (TPSA) is 277 Å². The highest BCUT2D eigenvalue weighted by Gasteiger charge is 2.48. The lowest BCUT2D eigenvalue weighted by Crippen LogP contribution is -2.38. The van der Waals surface area contributed by atoms with Crippen molar-refractivity contribution >= 4 is 60.1 Å². The number of nitrogens with one attached hydrogen (secondary N) is 3. The lowest BCUT2D eigenvalue weighted by atomic mass is 9.80. The number of hydrogen-bond acceptors (Lipinski definition) is 19. The smallest absolute Gasteiger partial charge is 0.351 e. The lowest BCUT2D eigenvalue weighted by molar-refractivity contribution is -0.159. The Hall–Kier alpha value is -7.38. The van der Waals surface area contributed by atoms with Gasteiger partial charge in [-0.1, -0.05) is 86.6 Å². The highest BCUT2D eigenvalue weighted by molar-refractivity contribution is 8.35. The predicted octanol–water partition coefficient (Wildman–Crippen LogP) is 6.78. The number of imidazole rings is 1. The largest absolute Gasteiger partial charge is 0.497 e. The molecule has 4 aromatic carbocycles. The quantitative estimate of drug-likeness (QED) is 0.0222. The van der Waals surface area contributed by atoms with Crippen LogP contribution in [0.2, 0.25) is 0 Å². The molecule has 2 aliphatic heterocycles. The molecule has 5 heterocycles. The second-order valence-corrected chi connectivity index (χ2v) is 22.3. The second-order valence-electron chi connectivity index (χ2n) is 19.5. The second kappa shape index (κ2) is 25.6. The number of aromatic amines is 1. The molecule has 2 saturated heterocycles. The van der Waals surface area contributed by atoms with Gasteiger partial charge in [0.1, 0.15) is 73.0 Å². The van der Waals surface area contributed by atoms with Crippen LogP contribution >= 0.6 is 7.15 Å². The molecule has 2 aliphatic rings. The van der Waals surface area contributed by atoms with E-state index in [-0.39, 0.29) is 61.0 Å². The standard InChI is InChI=1S/C56H61N8O15PS/c1-33(2)51(66)61-54-60-50-49(53(68)62-54)57-32-64(50)47-28-42(43(76-47)29-74-56(36-15-11-8-12-16-36,37-17-21-39(71-5)22-18-37)38-19-23-40(72-6)24-20-38)79-80(70,81)75-30-44-41(78-48(65)31-73-34(3)4)27-46(77-44)63-26-25-45(59-55(63)69)58-52(67)35-13-9-7-10-14-35/h7-26,32-34,41-44,46-47H,27-31H2,1-6H3,(H,70,81)(H,58,59,67,69)(H2,60,61,62,66,68)/t41-,42-,43+,44+,46+,47+,80?/m0/s1. The molecule has 7 aromatic rings. The molecule has 0 spiro atoms. The van der Waals surface area contributed by atoms with Crippen molar-refractivity contribution in [2.24, 2.45) is 5.92 Å². The van der Waals surface area contributed by atoms with Crippen molar-refractivity contribution in [3.05, 3.63) is 171 Å². The molecule has 23 nitrogen and oxygen atoms in total. The monoisotopic (exact) mass is 1150 g/mol. The summed E-state index contributed by atoms with van der Waals surface area (Å²) in [7, 11) is -1.21. The average molecular weight is 1150 g/mol. The Bertz CT molecular complexity index is 3370. The van der Waals surface area contributed by atoms with Crippen LogP contribution in [0.4, 0.5) is 11.8 Å². The van der Waals surface area contributed by atoms with Crippen molar-refractivity contribution in [3.8, 4) is 11.5 Å². The number of aromatic nitrogens is 6. The van der Waals surface area contributed by atoms with Gasteiger partial charge in [-0.3, -0.25) is 33.8 Å². The fourth-order valence-corrected chi connectivity index (χ4v) is 10.8. The molecule has 4 N–H and O–H groups in total. The molecule has 1 unspecified atom stereocenters. The van der Waals surface area contributed by atoms with E-state index in [1.165, 1.54) is 27.7 Å². The molecule has 3 aromatic heterocycles. The number of methoxy groups -OCH3 is 2. The van der Waals surface area contributed by atoms with Crippen LogP contribution in [-0.4, -0.2) is 116 Å². The fraction of sp³-hybridized carbons (Fsp3) is 0.357. The lowest BCUT2D eigenvalue weighted by Gasteiger charge is -2.37. The minimum absolute atomic E-state index is 0.00463. The normalized spacial score (nSPS) is 19.8. The number of H-pyrrole nitrogens is 1. The van der Waals surface area contributed by atoms with Crippen LogP contribution in [-0.2, 0) is 60.2 Å². The first-order chi connectivity index (χ1) is 38.9. The molecule has 0 saturated carbocycles. The van der Waals surface area contributed by atoms with Crippen LogP contribution < -0.4 is 31.4 Å². The van der Waals surface area contributed by atoms with Crippen molar-refractivity contribution in [1.82, 2.24) is 29.1 Å². The van der Waals surface area contributed by atoms with Gasteiger partial charge in [0.2, 0.25) is 11.9 Å². The first-order valence-electron chi connectivity index (χ1n) is 25.9. The molecule has 25 heteroatoms. The van der Waals surface area contributed by atoms with Gasteiger partial charge in [0, 0.05) is 30.5 Å². The maximum absolute atomic E-state index is 13.5. The highest BCUT2D eigenvalue weighted by atomic mass is 32.7. The Morgan fingerprint density at radius 3 is 1.98 bits per heavy atom. The van der Waals surface area contributed by atoms with E-state index in [9.17, 15) is 28.9 Å². The molecule has 2 amide bonds. The van der Waals surface area contributed by atoms with E-state index >= 15 is 0 Å². The van der Waals surface area contributed by atoms with Crippen LogP contribution in [0.1, 0.15) is 80.0 Å². The van der Waals surface area contributed by atoms with Crippen molar-refractivity contribution in [2.75, 3.05) is 44.7 Å². The summed E-state index contributed by atoms with van der Waals surface area (Å²) in [5.41, 5.74) is -0.165. The zero-order valence-electron chi connectivity index (χ0n) is 45.0. The number of anilines is 2. The SMILES string of the molecule is COc1ccc(C(OC[C@H]2O[C@@H](n3cnc4c(=O)[nH]c(NC(=O)C(C)C)nc43)C[C@@H]2O[P+](O)([S-])OC[C@H]2O[C@@H](n3ccc(NC(=O)c4ccccc4)nc3=O)C[C@@H]2OC(=O)COC(C)C)(c2ccccc2)c2ccc(OC)cc2)cc1. The Kier molecular flexibility index (Phi) is 18.4. The summed E-state index contributed by atoms with van der Waals surface area (Å²) < 4.78 is 57.9. The summed E-state index contributed by atoms with van der Waals surface area (Å²) in [6.45, 7) is 5.81. The molecule has 426 valence electrons. The fourth-order valence-electron chi connectivity index (χ4n) is 9.30. The minimum Gasteiger partial charge on any atom is -0.497 e. The summed E-state index contributed by atoms with van der Waals surface area (Å²) in [6.07, 6.45) is -4.01. The Labute approximate surface area is 470 Å². The third-order valence-electron chi connectivity index (χ3n) is 13.4. The van der Waals surface area contributed by atoms with Crippen LogP contribution in [0, 0.1) is 5.92 Å². The number of ether oxygens (including phenoxy) is 7. The molecule has 0 radical (unpaired) electrons. The zero-order valence-corrected chi connectivity index (χ0v) is 46.7. The Morgan fingerprint density at radius 2 is 1.37 bits per heavy atom. The summed E-state index contributed by atoms with van der Waals surface area (Å²) in [6, 6.07) is 34.3. The molecule has 2 fully saturated rings. The number of rotatable bonds is 23. The van der Waals surface area contributed by atoms with Crippen LogP contribution in [0.3, 0.4) is 0 Å². The van der Waals surface area contributed by atoms with Gasteiger partial charge in [-0.05, 0) is 73.0 Å². The number of benzene rings is 4.